The van der Waals surface area contributed by atoms with Crippen molar-refractivity contribution in [3.05, 3.63) is 57.8 Å². The molecule has 0 spiro atoms. The molecule has 0 saturated heterocycles. The molecule has 1 unspecified atom stereocenters. The molecular formula is C14H13ClOS. The molecule has 0 aliphatic carbocycles. The highest BCUT2D eigenvalue weighted by Crippen LogP contribution is 2.27. The normalized spacial score (nSPS) is 12.4. The van der Waals surface area contributed by atoms with Crippen LogP contribution >= 0.6 is 22.9 Å². The third-order valence-electron chi connectivity index (χ3n) is 2.82. The summed E-state index contributed by atoms with van der Waals surface area (Å²) in [5.74, 6) is -0.239. The molecule has 1 aromatic heterocycles. The molecule has 0 N–H and O–H groups in total. The molecular weight excluding hydrogens is 252 g/mol. The lowest BCUT2D eigenvalue weighted by molar-refractivity contribution is -0.113. The van der Waals surface area contributed by atoms with Crippen LogP contribution in [0.3, 0.4) is 0 Å². The fourth-order valence-corrected chi connectivity index (χ4v) is 2.87. The summed E-state index contributed by atoms with van der Waals surface area (Å²) in [6.45, 7) is 2.01. The summed E-state index contributed by atoms with van der Waals surface area (Å²) in [6.07, 6.45) is 0.685. The van der Waals surface area contributed by atoms with Gasteiger partial charge < -0.3 is 0 Å². The summed E-state index contributed by atoms with van der Waals surface area (Å²) in [4.78, 5) is 12.8. The second-order valence-electron chi connectivity index (χ2n) is 4.00. The molecule has 2 rings (SSSR count). The van der Waals surface area contributed by atoms with E-state index in [2.05, 4.69) is 0 Å². The summed E-state index contributed by atoms with van der Waals surface area (Å²) < 4.78 is 0. The van der Waals surface area contributed by atoms with Crippen molar-refractivity contribution >= 4 is 28.2 Å². The van der Waals surface area contributed by atoms with Gasteiger partial charge in [0.25, 0.3) is 0 Å². The average Bonchev–Trinajstić information content (AvgIpc) is 2.79. The van der Waals surface area contributed by atoms with Crippen LogP contribution in [0.5, 0.6) is 0 Å². The average molecular weight is 265 g/mol. The smallest absolute Gasteiger partial charge is 0.229 e. The maximum absolute atomic E-state index is 11.6. The standard InChI is InChI=1S/C14H13ClOS/c1-10-5-2-3-7-12(10)13(14(15)16)9-11-6-4-8-17-11/h2-8,13H,9H2,1H3. The first kappa shape index (κ1) is 12.3. The maximum Gasteiger partial charge on any atom is 0.229 e. The molecule has 0 aliphatic rings. The molecule has 0 saturated carbocycles. The van der Waals surface area contributed by atoms with E-state index >= 15 is 0 Å². The van der Waals surface area contributed by atoms with E-state index < -0.39 is 0 Å². The highest BCUT2D eigenvalue weighted by Gasteiger charge is 2.21. The minimum absolute atomic E-state index is 0.239. The molecule has 0 aliphatic heterocycles. The molecule has 1 atom stereocenters. The number of benzene rings is 1. The number of carbonyl (C=O) groups excluding carboxylic acids is 1. The predicted octanol–water partition coefficient (Wildman–Crippen LogP) is 4.15. The first-order valence-electron chi connectivity index (χ1n) is 5.45. The van der Waals surface area contributed by atoms with Crippen molar-refractivity contribution in [1.29, 1.82) is 0 Å². The molecule has 1 aromatic carbocycles. The Labute approximate surface area is 110 Å². The quantitative estimate of drug-likeness (QED) is 0.759. The van der Waals surface area contributed by atoms with Gasteiger partial charge in [-0.05, 0) is 47.5 Å². The number of hydrogen-bond acceptors (Lipinski definition) is 2. The molecule has 88 valence electrons. The molecule has 0 radical (unpaired) electrons. The number of carbonyl (C=O) groups is 1. The lowest BCUT2D eigenvalue weighted by Gasteiger charge is -2.14. The van der Waals surface area contributed by atoms with Gasteiger partial charge in [0.2, 0.25) is 5.24 Å². The molecule has 0 fully saturated rings. The summed E-state index contributed by atoms with van der Waals surface area (Å²) in [7, 11) is 0. The van der Waals surface area contributed by atoms with E-state index in [1.165, 1.54) is 4.88 Å². The first-order valence-corrected chi connectivity index (χ1v) is 6.71. The molecule has 1 heterocycles. The predicted molar refractivity (Wildman–Crippen MR) is 72.8 cm³/mol. The van der Waals surface area contributed by atoms with E-state index in [0.29, 0.717) is 6.42 Å². The summed E-state index contributed by atoms with van der Waals surface area (Å²) in [6, 6.07) is 11.9. The minimum Gasteiger partial charge on any atom is -0.281 e. The van der Waals surface area contributed by atoms with E-state index in [-0.39, 0.29) is 11.2 Å². The van der Waals surface area contributed by atoms with Gasteiger partial charge in [-0.15, -0.1) is 11.3 Å². The molecule has 0 amide bonds. The van der Waals surface area contributed by atoms with Gasteiger partial charge in [0.1, 0.15) is 0 Å². The monoisotopic (exact) mass is 264 g/mol. The van der Waals surface area contributed by atoms with Gasteiger partial charge in [-0.1, -0.05) is 30.3 Å². The van der Waals surface area contributed by atoms with E-state index in [0.717, 1.165) is 11.1 Å². The molecule has 0 bridgehead atoms. The fourth-order valence-electron chi connectivity index (χ4n) is 1.92. The maximum atomic E-state index is 11.6. The van der Waals surface area contributed by atoms with Gasteiger partial charge in [-0.3, -0.25) is 4.79 Å². The van der Waals surface area contributed by atoms with Crippen molar-refractivity contribution in [3.63, 3.8) is 0 Å². The van der Waals surface area contributed by atoms with Crippen LogP contribution in [0, 0.1) is 6.92 Å². The first-order chi connectivity index (χ1) is 8.18. The van der Waals surface area contributed by atoms with Crippen molar-refractivity contribution in [3.8, 4) is 0 Å². The van der Waals surface area contributed by atoms with Gasteiger partial charge in [0.15, 0.2) is 0 Å². The van der Waals surface area contributed by atoms with Gasteiger partial charge in [-0.2, -0.15) is 0 Å². The lowest BCUT2D eigenvalue weighted by Crippen LogP contribution is -2.10. The van der Waals surface area contributed by atoms with E-state index in [1.807, 2.05) is 48.7 Å². The highest BCUT2D eigenvalue weighted by atomic mass is 35.5. The van der Waals surface area contributed by atoms with E-state index in [4.69, 9.17) is 11.6 Å². The van der Waals surface area contributed by atoms with Crippen LogP contribution in [-0.2, 0) is 11.2 Å². The second kappa shape index (κ2) is 5.48. The third kappa shape index (κ3) is 2.96. The van der Waals surface area contributed by atoms with E-state index in [9.17, 15) is 4.79 Å². The molecule has 3 heteroatoms. The Morgan fingerprint density at radius 3 is 2.65 bits per heavy atom. The van der Waals surface area contributed by atoms with Crippen LogP contribution in [0.1, 0.15) is 21.9 Å². The Bertz CT molecular complexity index is 505. The number of rotatable bonds is 4. The van der Waals surface area contributed by atoms with Crippen molar-refractivity contribution in [2.75, 3.05) is 0 Å². The lowest BCUT2D eigenvalue weighted by atomic mass is 9.92. The number of hydrogen-bond donors (Lipinski definition) is 0. The Hall–Kier alpha value is -1.12. The summed E-state index contributed by atoms with van der Waals surface area (Å²) in [5, 5.41) is 1.73. The van der Waals surface area contributed by atoms with Gasteiger partial charge in [-0.25, -0.2) is 0 Å². The van der Waals surface area contributed by atoms with Crippen molar-refractivity contribution in [2.45, 2.75) is 19.3 Å². The number of halogens is 1. The van der Waals surface area contributed by atoms with Gasteiger partial charge in [0.05, 0.1) is 5.92 Å². The Morgan fingerprint density at radius 2 is 2.06 bits per heavy atom. The Kier molecular flexibility index (Phi) is 3.97. The van der Waals surface area contributed by atoms with Gasteiger partial charge >= 0.3 is 0 Å². The van der Waals surface area contributed by atoms with Crippen LogP contribution in [-0.4, -0.2) is 5.24 Å². The highest BCUT2D eigenvalue weighted by molar-refractivity contribution is 7.09. The summed E-state index contributed by atoms with van der Waals surface area (Å²) >= 11 is 7.39. The third-order valence-corrected chi connectivity index (χ3v) is 3.99. The largest absolute Gasteiger partial charge is 0.281 e. The topological polar surface area (TPSA) is 17.1 Å². The van der Waals surface area contributed by atoms with Crippen molar-refractivity contribution in [1.82, 2.24) is 0 Å². The zero-order chi connectivity index (χ0) is 12.3. The zero-order valence-corrected chi connectivity index (χ0v) is 11.1. The summed E-state index contributed by atoms with van der Waals surface area (Å²) in [5.41, 5.74) is 2.14. The van der Waals surface area contributed by atoms with Crippen LogP contribution in [0.2, 0.25) is 0 Å². The van der Waals surface area contributed by atoms with Crippen LogP contribution in [0.15, 0.2) is 41.8 Å². The Morgan fingerprint density at radius 1 is 1.29 bits per heavy atom. The molecule has 2 aromatic rings. The van der Waals surface area contributed by atoms with Crippen LogP contribution in [0.25, 0.3) is 0 Å². The second-order valence-corrected chi connectivity index (χ2v) is 5.40. The van der Waals surface area contributed by atoms with Crippen molar-refractivity contribution in [2.24, 2.45) is 0 Å². The number of thiophene rings is 1. The molecule has 1 nitrogen and oxygen atoms in total. The molecule has 17 heavy (non-hydrogen) atoms. The van der Waals surface area contributed by atoms with Crippen molar-refractivity contribution < 1.29 is 4.79 Å². The van der Waals surface area contributed by atoms with Crippen LogP contribution < -0.4 is 0 Å². The Balaban J connectivity index is 2.30. The van der Waals surface area contributed by atoms with E-state index in [1.54, 1.807) is 11.3 Å². The minimum atomic E-state index is -0.285. The van der Waals surface area contributed by atoms with Gasteiger partial charge in [0, 0.05) is 4.88 Å². The van der Waals surface area contributed by atoms with Crippen LogP contribution in [0.4, 0.5) is 0 Å². The number of aryl methyl sites for hydroxylation is 1. The SMILES string of the molecule is Cc1ccccc1C(Cc1cccs1)C(=O)Cl. The zero-order valence-electron chi connectivity index (χ0n) is 9.52. The fraction of sp³-hybridized carbons (Fsp3) is 0.214.